The number of nitrogens with one attached hydrogen (secondary N) is 1. The molecule has 1 aromatic carbocycles. The van der Waals surface area contributed by atoms with E-state index in [0.717, 1.165) is 29.5 Å². The van der Waals surface area contributed by atoms with Crippen LogP contribution in [0.2, 0.25) is 0 Å². The highest BCUT2D eigenvalue weighted by Gasteiger charge is 2.50. The Labute approximate surface area is 184 Å². The molecule has 2 N–H and O–H groups in total. The van der Waals surface area contributed by atoms with Crippen LogP contribution in [0.15, 0.2) is 24.4 Å². The highest BCUT2D eigenvalue weighted by atomic mass is 19.1. The predicted molar refractivity (Wildman–Crippen MR) is 112 cm³/mol. The number of benzene rings is 1. The van der Waals surface area contributed by atoms with Crippen LogP contribution in [0.5, 0.6) is 0 Å². The first-order valence-electron chi connectivity index (χ1n) is 10.5. The lowest BCUT2D eigenvalue weighted by Crippen LogP contribution is -2.63. The van der Waals surface area contributed by atoms with Crippen molar-refractivity contribution in [1.82, 2.24) is 24.9 Å². The summed E-state index contributed by atoms with van der Waals surface area (Å²) in [5, 5.41) is 17.0. The van der Waals surface area contributed by atoms with E-state index in [9.17, 15) is 23.5 Å². The first-order valence-corrected chi connectivity index (χ1v) is 10.5. The molecular weight excluding hydrogens is 420 g/mol. The lowest BCUT2D eigenvalue weighted by atomic mass is 9.84. The number of likely N-dealkylation sites (tertiary alicyclic amines) is 1. The number of nitrogens with zero attached hydrogens (tertiary/aromatic N) is 4. The van der Waals surface area contributed by atoms with Crippen LogP contribution in [-0.4, -0.2) is 66.7 Å². The lowest BCUT2D eigenvalue weighted by molar-refractivity contribution is -0.147. The number of aromatic nitrogens is 2. The van der Waals surface area contributed by atoms with Crippen molar-refractivity contribution in [3.05, 3.63) is 52.9 Å². The third kappa shape index (κ3) is 3.72. The van der Waals surface area contributed by atoms with Crippen molar-refractivity contribution in [3.8, 4) is 0 Å². The van der Waals surface area contributed by atoms with Gasteiger partial charge in [-0.05, 0) is 45.4 Å². The van der Waals surface area contributed by atoms with Crippen LogP contribution in [0.25, 0.3) is 0 Å². The third-order valence-corrected chi connectivity index (χ3v) is 6.40. The normalized spacial score (nSPS) is 24.0. The maximum Gasteiger partial charge on any atom is 0.408 e. The average molecular weight is 447 g/mol. The quantitative estimate of drug-likeness (QED) is 0.754. The molecule has 4 rings (SSSR count). The number of likely N-dealkylation sites (N-methyl/N-ethyl adjacent to an activating group) is 1. The molecule has 8 nitrogen and oxygen atoms in total. The second-order valence-electron chi connectivity index (χ2n) is 9.48. The Morgan fingerprint density at radius 3 is 2.62 bits per heavy atom. The Morgan fingerprint density at radius 2 is 2.00 bits per heavy atom. The maximum atomic E-state index is 14.8. The van der Waals surface area contributed by atoms with Crippen molar-refractivity contribution in [2.75, 3.05) is 7.05 Å². The van der Waals surface area contributed by atoms with Crippen molar-refractivity contribution < 1.29 is 23.5 Å². The van der Waals surface area contributed by atoms with Gasteiger partial charge in [0.15, 0.2) is 0 Å². The Hall–Kier alpha value is -3.01. The van der Waals surface area contributed by atoms with Crippen LogP contribution in [0.1, 0.15) is 50.1 Å². The predicted octanol–water partition coefficient (Wildman–Crippen LogP) is 3.12. The van der Waals surface area contributed by atoms with Gasteiger partial charge in [-0.2, -0.15) is 5.10 Å². The molecule has 1 saturated heterocycles. The van der Waals surface area contributed by atoms with Gasteiger partial charge >= 0.3 is 6.09 Å². The molecule has 0 spiro atoms. The van der Waals surface area contributed by atoms with Gasteiger partial charge in [0, 0.05) is 36.8 Å². The van der Waals surface area contributed by atoms with Gasteiger partial charge in [0.05, 0.1) is 30.0 Å². The van der Waals surface area contributed by atoms with Crippen molar-refractivity contribution in [2.24, 2.45) is 0 Å². The van der Waals surface area contributed by atoms with Gasteiger partial charge in [-0.1, -0.05) is 0 Å². The number of fused-ring (bicyclic) bond motifs is 1. The van der Waals surface area contributed by atoms with Crippen molar-refractivity contribution in [2.45, 2.75) is 63.9 Å². The van der Waals surface area contributed by atoms with Crippen molar-refractivity contribution in [3.63, 3.8) is 0 Å². The number of amides is 2. The molecule has 0 radical (unpaired) electrons. The summed E-state index contributed by atoms with van der Waals surface area (Å²) in [7, 11) is 1.52. The Bertz CT molecular complexity index is 1030. The van der Waals surface area contributed by atoms with Crippen LogP contribution in [0, 0.1) is 11.6 Å². The molecular formula is C22H27F2N5O3. The van der Waals surface area contributed by atoms with Crippen LogP contribution in [-0.2, 0) is 17.9 Å². The first kappa shape index (κ1) is 22.2. The number of halogens is 2. The second kappa shape index (κ2) is 7.84. The molecule has 0 unspecified atom stereocenters. The number of carbonyl (C=O) groups is 2. The smallest absolute Gasteiger partial charge is 0.408 e. The monoisotopic (exact) mass is 447 g/mol. The van der Waals surface area contributed by atoms with Crippen LogP contribution in [0.4, 0.5) is 13.6 Å². The summed E-state index contributed by atoms with van der Waals surface area (Å²) in [6.45, 7) is 6.23. The molecule has 172 valence electrons. The number of hydrogen-bond acceptors (Lipinski definition) is 4. The highest BCUT2D eigenvalue weighted by molar-refractivity contribution is 5.84. The minimum atomic E-state index is -1.18. The maximum absolute atomic E-state index is 14.8. The first-order chi connectivity index (χ1) is 15.0. The van der Waals surface area contributed by atoms with Gasteiger partial charge in [-0.15, -0.1) is 0 Å². The molecule has 3 atom stereocenters. The van der Waals surface area contributed by atoms with Gasteiger partial charge in [0.2, 0.25) is 5.91 Å². The van der Waals surface area contributed by atoms with Crippen LogP contribution < -0.4 is 0 Å². The summed E-state index contributed by atoms with van der Waals surface area (Å²) < 4.78 is 28.9. The van der Waals surface area contributed by atoms with Gasteiger partial charge in [0.25, 0.3) is 0 Å². The minimum absolute atomic E-state index is 0.0318. The number of H-pyrrole nitrogens is 1. The van der Waals surface area contributed by atoms with E-state index in [1.807, 2.05) is 4.90 Å². The standard InChI is InChI=1S/C22H27F2N5O3/c1-22(2,3)29(21(31)32)17-8-18(28-10-12-9-25-26-16(12)11-28)20(30)27(4)19(17)14-7-13(23)5-6-15(14)24/h5-7,9,17-19H,8,10-11H2,1-4H3,(H,25,26)(H,31,32)/t17-,18+,19+/m0/s1. The fourth-order valence-corrected chi connectivity index (χ4v) is 5.03. The van der Waals surface area contributed by atoms with E-state index >= 15 is 0 Å². The van der Waals surface area contributed by atoms with Gasteiger partial charge in [-0.25, -0.2) is 13.6 Å². The molecule has 3 heterocycles. The molecule has 10 heteroatoms. The molecule has 1 aromatic heterocycles. The Balaban J connectivity index is 1.77. The Morgan fingerprint density at radius 1 is 1.28 bits per heavy atom. The molecule has 32 heavy (non-hydrogen) atoms. The van der Waals surface area contributed by atoms with E-state index in [1.165, 1.54) is 16.8 Å². The summed E-state index contributed by atoms with van der Waals surface area (Å²) in [6.07, 6.45) is 0.695. The molecule has 0 aliphatic carbocycles. The molecule has 2 aliphatic heterocycles. The number of aromatic amines is 1. The summed E-state index contributed by atoms with van der Waals surface area (Å²) in [4.78, 5) is 30.4. The topological polar surface area (TPSA) is 92.8 Å². The number of rotatable bonds is 3. The molecule has 0 bridgehead atoms. The van der Waals surface area contributed by atoms with E-state index in [2.05, 4.69) is 10.2 Å². The Kier molecular flexibility index (Phi) is 5.44. The van der Waals surface area contributed by atoms with Gasteiger partial charge < -0.3 is 10.0 Å². The molecule has 1 fully saturated rings. The zero-order valence-electron chi connectivity index (χ0n) is 18.5. The fraction of sp³-hybridized carbons (Fsp3) is 0.500. The van der Waals surface area contributed by atoms with E-state index in [-0.39, 0.29) is 17.9 Å². The van der Waals surface area contributed by atoms with E-state index < -0.39 is 41.4 Å². The largest absolute Gasteiger partial charge is 0.465 e. The minimum Gasteiger partial charge on any atom is -0.465 e. The zero-order chi connectivity index (χ0) is 23.4. The van der Waals surface area contributed by atoms with Crippen molar-refractivity contribution in [1.29, 1.82) is 0 Å². The number of hydrogen-bond donors (Lipinski definition) is 2. The molecule has 0 saturated carbocycles. The number of carboxylic acid groups (broad SMARTS) is 1. The summed E-state index contributed by atoms with van der Waals surface area (Å²) >= 11 is 0. The van der Waals surface area contributed by atoms with Crippen LogP contribution in [0.3, 0.4) is 0 Å². The molecule has 2 aliphatic rings. The number of carbonyl (C=O) groups excluding carboxylic acids is 1. The third-order valence-electron chi connectivity index (χ3n) is 6.40. The fourth-order valence-electron chi connectivity index (χ4n) is 5.03. The van der Waals surface area contributed by atoms with Crippen LogP contribution >= 0.6 is 0 Å². The van der Waals surface area contributed by atoms with Gasteiger partial charge in [0.1, 0.15) is 11.6 Å². The summed E-state index contributed by atoms with van der Waals surface area (Å²) in [6, 6.07) is 0.704. The zero-order valence-corrected chi connectivity index (χ0v) is 18.5. The SMILES string of the molecule is CN1C(=O)[C@H](N2Cc3cn[nH]c3C2)C[C@H](N(C(=O)O)C(C)(C)C)[C@H]1c1cc(F)ccc1F. The second-order valence-corrected chi connectivity index (χ2v) is 9.48. The summed E-state index contributed by atoms with van der Waals surface area (Å²) in [5.74, 6) is -1.58. The van der Waals surface area contributed by atoms with E-state index in [0.29, 0.717) is 13.1 Å². The molecule has 2 amide bonds. The van der Waals surface area contributed by atoms with E-state index in [4.69, 9.17) is 0 Å². The lowest BCUT2D eigenvalue weighted by Gasteiger charge is -2.51. The number of piperidine rings is 1. The average Bonchev–Trinajstić information content (AvgIpc) is 3.27. The molecule has 2 aromatic rings. The van der Waals surface area contributed by atoms with E-state index in [1.54, 1.807) is 27.0 Å². The van der Waals surface area contributed by atoms with Crippen molar-refractivity contribution >= 4 is 12.0 Å². The van der Waals surface area contributed by atoms with Gasteiger partial charge in [-0.3, -0.25) is 19.7 Å². The highest BCUT2D eigenvalue weighted by Crippen LogP contribution is 2.41. The summed E-state index contributed by atoms with van der Waals surface area (Å²) in [5.41, 5.74) is 1.04.